The van der Waals surface area contributed by atoms with E-state index in [2.05, 4.69) is 16.4 Å². The number of H-pyrrole nitrogens is 1. The Morgan fingerprint density at radius 1 is 1.24 bits per heavy atom. The van der Waals surface area contributed by atoms with Gasteiger partial charge in [-0.15, -0.1) is 0 Å². The number of carboxylic acids is 1. The molecule has 0 radical (unpaired) electrons. The van der Waals surface area contributed by atoms with E-state index in [1.165, 1.54) is 5.56 Å². The summed E-state index contributed by atoms with van der Waals surface area (Å²) in [6, 6.07) is 8.06. The molecule has 0 saturated carbocycles. The van der Waals surface area contributed by atoms with E-state index in [1.54, 1.807) is 0 Å². The molecular weight excluding hydrogens is 320 g/mol. The lowest BCUT2D eigenvalue weighted by Gasteiger charge is -2.35. The zero-order valence-electron chi connectivity index (χ0n) is 14.0. The van der Waals surface area contributed by atoms with E-state index in [0.717, 1.165) is 35.9 Å². The summed E-state index contributed by atoms with van der Waals surface area (Å²) in [5.74, 6) is -1.50. The fraction of sp³-hybridized carbons (Fsp3) is 0.474. The van der Waals surface area contributed by atoms with Crippen molar-refractivity contribution in [2.75, 3.05) is 13.2 Å². The molecule has 6 nitrogen and oxygen atoms in total. The average molecular weight is 342 g/mol. The number of fused-ring (bicyclic) bond motifs is 3. The van der Waals surface area contributed by atoms with Crippen molar-refractivity contribution in [1.82, 2.24) is 10.3 Å². The summed E-state index contributed by atoms with van der Waals surface area (Å²) in [6.45, 7) is 0.712. The lowest BCUT2D eigenvalue weighted by Crippen LogP contribution is -2.58. The largest absolute Gasteiger partial charge is 0.480 e. The first-order chi connectivity index (χ1) is 12.1. The predicted octanol–water partition coefficient (Wildman–Crippen LogP) is 2.34. The number of aromatic nitrogens is 1. The Morgan fingerprint density at radius 3 is 2.76 bits per heavy atom. The van der Waals surface area contributed by atoms with Gasteiger partial charge in [-0.25, -0.2) is 4.79 Å². The summed E-state index contributed by atoms with van der Waals surface area (Å²) in [7, 11) is 0. The van der Waals surface area contributed by atoms with Gasteiger partial charge < -0.3 is 20.1 Å². The third-order valence-electron chi connectivity index (χ3n) is 5.55. The maximum atomic E-state index is 13.0. The van der Waals surface area contributed by atoms with Crippen molar-refractivity contribution in [2.24, 2.45) is 0 Å². The zero-order valence-corrected chi connectivity index (χ0v) is 14.0. The number of rotatable bonds is 3. The molecule has 0 bridgehead atoms. The van der Waals surface area contributed by atoms with Crippen LogP contribution in [0.5, 0.6) is 0 Å². The van der Waals surface area contributed by atoms with Gasteiger partial charge in [0.05, 0.1) is 5.92 Å². The molecule has 0 unspecified atom stereocenters. The number of aryl methyl sites for hydroxylation is 1. The number of para-hydroxylation sites is 1. The predicted molar refractivity (Wildman–Crippen MR) is 92.5 cm³/mol. The highest BCUT2D eigenvalue weighted by molar-refractivity contribution is 5.93. The molecule has 2 aromatic rings. The van der Waals surface area contributed by atoms with Gasteiger partial charge >= 0.3 is 5.97 Å². The highest BCUT2D eigenvalue weighted by Gasteiger charge is 2.43. The van der Waals surface area contributed by atoms with Crippen molar-refractivity contribution < 1.29 is 19.4 Å². The van der Waals surface area contributed by atoms with Crippen LogP contribution in [0.4, 0.5) is 0 Å². The fourth-order valence-corrected chi connectivity index (χ4v) is 4.11. The third-order valence-corrected chi connectivity index (χ3v) is 5.55. The van der Waals surface area contributed by atoms with Crippen LogP contribution < -0.4 is 5.32 Å². The number of benzene rings is 1. The van der Waals surface area contributed by atoms with Crippen LogP contribution in [-0.2, 0) is 20.7 Å². The Labute approximate surface area is 145 Å². The monoisotopic (exact) mass is 342 g/mol. The molecule has 1 fully saturated rings. The first-order valence-electron chi connectivity index (χ1n) is 8.83. The number of carbonyl (C=O) groups is 2. The van der Waals surface area contributed by atoms with Gasteiger partial charge in [-0.05, 0) is 30.9 Å². The van der Waals surface area contributed by atoms with E-state index in [0.29, 0.717) is 26.1 Å². The van der Waals surface area contributed by atoms with Gasteiger partial charge in [-0.2, -0.15) is 0 Å². The Bertz CT molecular complexity index is 820. The standard InChI is InChI=1S/C19H22N2O4/c22-17(21-19(18(23)24)8-10-25-11-9-19)14-6-3-5-13-12-4-1-2-7-15(12)20-16(13)14/h1-2,4,7,14,20H,3,5-6,8-11H2,(H,21,22)(H,23,24)/t14-/m0/s1. The fourth-order valence-electron chi connectivity index (χ4n) is 4.11. The normalized spacial score (nSPS) is 22.3. The smallest absolute Gasteiger partial charge is 0.329 e. The summed E-state index contributed by atoms with van der Waals surface area (Å²) in [5.41, 5.74) is 1.96. The number of hydrogen-bond donors (Lipinski definition) is 3. The number of nitrogens with one attached hydrogen (secondary N) is 2. The molecule has 1 aromatic carbocycles. The van der Waals surface area contributed by atoms with Crippen molar-refractivity contribution in [3.63, 3.8) is 0 Å². The molecule has 132 valence electrons. The minimum Gasteiger partial charge on any atom is -0.480 e. The SMILES string of the molecule is O=C(NC1(C(=O)O)CCOCC1)[C@H]1CCCc2c1[nH]c1ccccc21. The molecule has 2 aliphatic rings. The molecule has 2 heterocycles. The van der Waals surface area contributed by atoms with E-state index >= 15 is 0 Å². The summed E-state index contributed by atoms with van der Waals surface area (Å²) in [6.07, 6.45) is 3.22. The Kier molecular flexibility index (Phi) is 4.00. The van der Waals surface area contributed by atoms with E-state index in [4.69, 9.17) is 4.74 Å². The lowest BCUT2D eigenvalue weighted by molar-refractivity contribution is -0.152. The quantitative estimate of drug-likeness (QED) is 0.798. The molecule has 1 aromatic heterocycles. The molecule has 1 atom stereocenters. The van der Waals surface area contributed by atoms with Crippen molar-refractivity contribution in [2.45, 2.75) is 43.6 Å². The first-order valence-corrected chi connectivity index (χ1v) is 8.83. The highest BCUT2D eigenvalue weighted by atomic mass is 16.5. The molecule has 1 amide bonds. The minimum absolute atomic E-state index is 0.197. The molecule has 4 rings (SSSR count). The minimum atomic E-state index is -1.21. The number of ether oxygens (including phenoxy) is 1. The first kappa shape index (κ1) is 16.1. The van der Waals surface area contributed by atoms with E-state index in [1.807, 2.05) is 18.2 Å². The summed E-state index contributed by atoms with van der Waals surface area (Å²) < 4.78 is 5.28. The number of carboxylic acid groups (broad SMARTS) is 1. The summed E-state index contributed by atoms with van der Waals surface area (Å²) >= 11 is 0. The molecule has 1 aliphatic carbocycles. The average Bonchev–Trinajstić information content (AvgIpc) is 3.01. The van der Waals surface area contributed by atoms with Gasteiger partial charge in [0.2, 0.25) is 5.91 Å². The lowest BCUT2D eigenvalue weighted by atomic mass is 9.84. The zero-order chi connectivity index (χ0) is 17.4. The van der Waals surface area contributed by atoms with Crippen molar-refractivity contribution in [3.05, 3.63) is 35.5 Å². The van der Waals surface area contributed by atoms with E-state index < -0.39 is 11.5 Å². The molecule has 1 aliphatic heterocycles. The summed E-state index contributed by atoms with van der Waals surface area (Å²) in [5, 5.41) is 13.7. The summed E-state index contributed by atoms with van der Waals surface area (Å²) in [4.78, 5) is 28.2. The van der Waals surface area contributed by atoms with Crippen LogP contribution in [0, 0.1) is 0 Å². The second-order valence-electron chi connectivity index (χ2n) is 7.00. The van der Waals surface area contributed by atoms with Crippen LogP contribution >= 0.6 is 0 Å². The molecular formula is C19H22N2O4. The number of amides is 1. The van der Waals surface area contributed by atoms with Gasteiger partial charge in [0, 0.05) is 42.7 Å². The highest BCUT2D eigenvalue weighted by Crippen LogP contribution is 2.36. The maximum Gasteiger partial charge on any atom is 0.329 e. The third kappa shape index (κ3) is 2.70. The number of aliphatic carboxylic acids is 1. The maximum absolute atomic E-state index is 13.0. The van der Waals surface area contributed by atoms with Gasteiger partial charge in [0.1, 0.15) is 5.54 Å². The molecule has 1 saturated heterocycles. The van der Waals surface area contributed by atoms with E-state index in [9.17, 15) is 14.7 Å². The van der Waals surface area contributed by atoms with Crippen LogP contribution in [-0.4, -0.2) is 40.7 Å². The Balaban J connectivity index is 1.64. The number of hydrogen-bond acceptors (Lipinski definition) is 3. The van der Waals surface area contributed by atoms with Crippen LogP contribution in [0.1, 0.15) is 42.9 Å². The van der Waals surface area contributed by atoms with Gasteiger partial charge in [0.25, 0.3) is 0 Å². The van der Waals surface area contributed by atoms with Crippen LogP contribution in [0.2, 0.25) is 0 Å². The van der Waals surface area contributed by atoms with Crippen LogP contribution in [0.25, 0.3) is 10.9 Å². The van der Waals surface area contributed by atoms with Gasteiger partial charge in [-0.1, -0.05) is 18.2 Å². The number of carbonyl (C=O) groups excluding carboxylic acids is 1. The van der Waals surface area contributed by atoms with Crippen molar-refractivity contribution in [1.29, 1.82) is 0 Å². The number of aromatic amines is 1. The topological polar surface area (TPSA) is 91.4 Å². The Hall–Kier alpha value is -2.34. The molecule has 3 N–H and O–H groups in total. The molecule has 0 spiro atoms. The second-order valence-corrected chi connectivity index (χ2v) is 7.00. The van der Waals surface area contributed by atoms with Crippen LogP contribution in [0.15, 0.2) is 24.3 Å². The van der Waals surface area contributed by atoms with Gasteiger partial charge in [-0.3, -0.25) is 4.79 Å². The molecule has 25 heavy (non-hydrogen) atoms. The molecule has 6 heteroatoms. The van der Waals surface area contributed by atoms with Gasteiger partial charge in [0.15, 0.2) is 0 Å². The van der Waals surface area contributed by atoms with Crippen molar-refractivity contribution in [3.8, 4) is 0 Å². The van der Waals surface area contributed by atoms with Crippen LogP contribution in [0.3, 0.4) is 0 Å². The second kappa shape index (κ2) is 6.19. The van der Waals surface area contributed by atoms with E-state index in [-0.39, 0.29) is 11.8 Å². The van der Waals surface area contributed by atoms with Crippen molar-refractivity contribution >= 4 is 22.8 Å². The Morgan fingerprint density at radius 2 is 2.00 bits per heavy atom.